The van der Waals surface area contributed by atoms with Crippen molar-refractivity contribution in [3.05, 3.63) is 235 Å². The summed E-state index contributed by atoms with van der Waals surface area (Å²) in [5, 5.41) is 7.50. The van der Waals surface area contributed by atoms with Crippen LogP contribution in [0, 0.1) is 0 Å². The molecular weight excluding hydrogens is 825 g/mol. The lowest BCUT2D eigenvalue weighted by Crippen LogP contribution is -1.98. The lowest BCUT2D eigenvalue weighted by atomic mass is 10.0. The molecule has 0 saturated heterocycles. The number of aromatic nitrogens is 4. The van der Waals surface area contributed by atoms with E-state index < -0.39 is 0 Å². The van der Waals surface area contributed by atoms with Crippen LogP contribution in [0.5, 0.6) is 0 Å². The molecule has 0 aliphatic heterocycles. The highest BCUT2D eigenvalue weighted by Gasteiger charge is 2.20. The van der Waals surface area contributed by atoms with E-state index in [1.807, 2.05) is 13.8 Å². The first kappa shape index (κ1) is 40.9. The van der Waals surface area contributed by atoms with Crippen LogP contribution in [0.4, 0.5) is 0 Å². The molecule has 0 atom stereocenters. The molecule has 1 aliphatic rings. The maximum atomic E-state index is 2.43. The summed E-state index contributed by atoms with van der Waals surface area (Å²) in [7, 11) is 0. The first-order chi connectivity index (χ1) is 33.7. The second-order valence-electron chi connectivity index (χ2n) is 17.2. The van der Waals surface area contributed by atoms with E-state index >= 15 is 0 Å². The minimum absolute atomic E-state index is 0.913. The minimum atomic E-state index is 0.913. The number of benzene rings is 8. The number of nitrogens with zero attached hydrogens (tertiary/aromatic N) is 4. The quantitative estimate of drug-likeness (QED) is 0.152. The minimum Gasteiger partial charge on any atom is -0.316 e. The molecule has 4 nitrogen and oxygen atoms in total. The van der Waals surface area contributed by atoms with Crippen LogP contribution in [0.25, 0.3) is 118 Å². The summed E-state index contributed by atoms with van der Waals surface area (Å²) in [5.41, 5.74) is 17.8. The second kappa shape index (κ2) is 17.0. The molecule has 0 N–H and O–H groups in total. The van der Waals surface area contributed by atoms with Gasteiger partial charge in [-0.2, -0.15) is 0 Å². The van der Waals surface area contributed by atoms with Crippen LogP contribution in [-0.4, -0.2) is 18.3 Å². The average Bonchev–Trinajstić information content (AvgIpc) is 4.04. The van der Waals surface area contributed by atoms with E-state index in [2.05, 4.69) is 262 Å². The van der Waals surface area contributed by atoms with Gasteiger partial charge in [-0.3, -0.25) is 0 Å². The Hall–Kier alpha value is -8.60. The highest BCUT2D eigenvalue weighted by Crippen LogP contribution is 2.39. The van der Waals surface area contributed by atoms with Crippen LogP contribution in [0.1, 0.15) is 43.3 Å². The van der Waals surface area contributed by atoms with Crippen molar-refractivity contribution < 1.29 is 0 Å². The maximum Gasteiger partial charge on any atom is 0.0542 e. The zero-order chi connectivity index (χ0) is 45.7. The van der Waals surface area contributed by atoms with Crippen molar-refractivity contribution in [1.82, 2.24) is 18.3 Å². The van der Waals surface area contributed by atoms with Gasteiger partial charge in [-0.05, 0) is 121 Å². The second-order valence-corrected chi connectivity index (χ2v) is 17.2. The summed E-state index contributed by atoms with van der Waals surface area (Å²) in [5.74, 6) is 0. The van der Waals surface area contributed by atoms with Gasteiger partial charge in [-0.1, -0.05) is 153 Å². The molecule has 4 aromatic heterocycles. The summed E-state index contributed by atoms with van der Waals surface area (Å²) in [6.45, 7) is 6.11. The highest BCUT2D eigenvalue weighted by molar-refractivity contribution is 6.12. The van der Waals surface area contributed by atoms with E-state index in [4.69, 9.17) is 0 Å². The third kappa shape index (κ3) is 6.52. The normalized spacial score (nSPS) is 12.6. The van der Waals surface area contributed by atoms with Crippen LogP contribution in [0.3, 0.4) is 0 Å². The fourth-order valence-corrected chi connectivity index (χ4v) is 10.8. The van der Waals surface area contributed by atoms with E-state index in [0.29, 0.717) is 0 Å². The van der Waals surface area contributed by atoms with Crippen molar-refractivity contribution in [3.8, 4) is 28.2 Å². The molecule has 0 amide bonds. The lowest BCUT2D eigenvalue weighted by Gasteiger charge is -2.13. The van der Waals surface area contributed by atoms with E-state index in [1.54, 1.807) is 0 Å². The Morgan fingerprint density at radius 1 is 0.412 bits per heavy atom. The van der Waals surface area contributed by atoms with Gasteiger partial charge in [0.1, 0.15) is 0 Å². The molecule has 0 radical (unpaired) electrons. The van der Waals surface area contributed by atoms with Gasteiger partial charge in [0.05, 0.1) is 38.8 Å². The molecule has 0 unspecified atom stereocenters. The summed E-state index contributed by atoms with van der Waals surface area (Å²) in [6.07, 6.45) is 18.7. The van der Waals surface area contributed by atoms with Crippen LogP contribution >= 0.6 is 0 Å². The molecule has 0 saturated carbocycles. The van der Waals surface area contributed by atoms with Gasteiger partial charge >= 0.3 is 0 Å². The van der Waals surface area contributed by atoms with E-state index in [0.717, 1.165) is 40.3 Å². The number of fused-ring (bicyclic) bond motifs is 10. The SMILES string of the molecule is C/C=C\c1c(/C=C/n2c3c(c4ccccc42)CC=CC=C3)c2ccccc2n1-c1cccc(-c2cccc(-n3c4ccccc4c4cc(-n5c6ccccc6c6ccccc65)ccc43)c2)c1.CC. The van der Waals surface area contributed by atoms with Gasteiger partial charge in [0.15, 0.2) is 0 Å². The topological polar surface area (TPSA) is 19.7 Å². The fourth-order valence-electron chi connectivity index (χ4n) is 10.8. The van der Waals surface area contributed by atoms with Crippen LogP contribution < -0.4 is 0 Å². The molecule has 4 heteroatoms. The van der Waals surface area contributed by atoms with Crippen LogP contribution in [-0.2, 0) is 6.42 Å². The molecule has 8 aromatic carbocycles. The van der Waals surface area contributed by atoms with E-state index in [1.165, 1.54) is 82.2 Å². The van der Waals surface area contributed by atoms with Crippen molar-refractivity contribution >= 4 is 89.8 Å². The molecule has 0 spiro atoms. The number of allylic oxidation sites excluding steroid dienone is 4. The van der Waals surface area contributed by atoms with Gasteiger partial charge in [0.2, 0.25) is 0 Å². The third-order valence-corrected chi connectivity index (χ3v) is 13.6. The zero-order valence-corrected chi connectivity index (χ0v) is 38.5. The molecule has 4 heterocycles. The van der Waals surface area contributed by atoms with Crippen molar-refractivity contribution in [1.29, 1.82) is 0 Å². The molecule has 326 valence electrons. The molecule has 13 rings (SSSR count). The Morgan fingerprint density at radius 2 is 0.912 bits per heavy atom. The summed E-state index contributed by atoms with van der Waals surface area (Å²) in [4.78, 5) is 0. The van der Waals surface area contributed by atoms with Crippen molar-refractivity contribution in [2.75, 3.05) is 0 Å². The number of rotatable bonds is 7. The Labute approximate surface area is 396 Å². The number of hydrogen-bond acceptors (Lipinski definition) is 0. The van der Waals surface area contributed by atoms with Crippen molar-refractivity contribution in [2.45, 2.75) is 27.2 Å². The van der Waals surface area contributed by atoms with Gasteiger partial charge in [-0.15, -0.1) is 0 Å². The van der Waals surface area contributed by atoms with Gasteiger partial charge in [0, 0.05) is 66.8 Å². The first-order valence-electron chi connectivity index (χ1n) is 23.9. The largest absolute Gasteiger partial charge is 0.316 e. The van der Waals surface area contributed by atoms with Crippen LogP contribution in [0.2, 0.25) is 0 Å². The number of hydrogen-bond donors (Lipinski definition) is 0. The first-order valence-corrected chi connectivity index (χ1v) is 23.9. The Kier molecular flexibility index (Phi) is 10.2. The van der Waals surface area contributed by atoms with Gasteiger partial charge < -0.3 is 18.3 Å². The van der Waals surface area contributed by atoms with E-state index in [-0.39, 0.29) is 0 Å². The predicted molar refractivity (Wildman–Crippen MR) is 292 cm³/mol. The Balaban J connectivity index is 0.00000237. The summed E-state index contributed by atoms with van der Waals surface area (Å²) < 4.78 is 9.61. The Morgan fingerprint density at radius 3 is 1.53 bits per heavy atom. The lowest BCUT2D eigenvalue weighted by molar-refractivity contribution is 1.10. The van der Waals surface area contributed by atoms with Gasteiger partial charge in [-0.25, -0.2) is 0 Å². The molecule has 0 fully saturated rings. The monoisotopic (exact) mass is 874 g/mol. The average molecular weight is 875 g/mol. The van der Waals surface area contributed by atoms with Gasteiger partial charge in [0.25, 0.3) is 0 Å². The molecule has 0 bridgehead atoms. The summed E-state index contributed by atoms with van der Waals surface area (Å²) >= 11 is 0. The third-order valence-electron chi connectivity index (χ3n) is 13.6. The molecule has 68 heavy (non-hydrogen) atoms. The molecular formula is C64H50N4. The number of para-hydroxylation sites is 5. The highest BCUT2D eigenvalue weighted by atomic mass is 15.0. The molecule has 1 aliphatic carbocycles. The molecule has 12 aromatic rings. The van der Waals surface area contributed by atoms with Crippen molar-refractivity contribution in [2.24, 2.45) is 0 Å². The van der Waals surface area contributed by atoms with Crippen molar-refractivity contribution in [3.63, 3.8) is 0 Å². The Bertz CT molecular complexity index is 3990. The zero-order valence-electron chi connectivity index (χ0n) is 38.5. The smallest absolute Gasteiger partial charge is 0.0542 e. The van der Waals surface area contributed by atoms with E-state index in [9.17, 15) is 0 Å². The predicted octanol–water partition coefficient (Wildman–Crippen LogP) is 17.3. The fraction of sp³-hybridized carbons (Fsp3) is 0.0625. The summed E-state index contributed by atoms with van der Waals surface area (Å²) in [6, 6.07) is 68.8. The maximum absolute atomic E-state index is 2.43. The standard InChI is InChI=1S/C62H44N4.C2H6/c1-2-18-57-53(37-38-63-55-29-5-3-4-23-47(55)48-24-6-11-30-56(48)63)51-27-9-14-33-60(51)64(57)44-21-16-19-42(39-44)43-20-17-22-45(40-43)65-61-34-15-10-28-52(61)54-41-46(35-36-62(54)65)66-58-31-12-7-25-49(58)50-26-8-13-32-59(50)66;1-2/h2-22,24-41H,23H2,1H3;1-2H3/b18-2-,38-37+;. The van der Waals surface area contributed by atoms with Crippen LogP contribution in [0.15, 0.2) is 212 Å².